The van der Waals surface area contributed by atoms with Crippen molar-refractivity contribution in [3.8, 4) is 0 Å². The summed E-state index contributed by atoms with van der Waals surface area (Å²) in [6.45, 7) is 4.56. The molecule has 1 aliphatic rings. The largest absolute Gasteiger partial charge is 0.352 e. The highest BCUT2D eigenvalue weighted by atomic mass is 32.1. The molecule has 1 amide bonds. The number of carbonyl (C=O) groups excluding carboxylic acids is 1. The molecule has 5 heteroatoms. The molecular weight excluding hydrogens is 258 g/mol. The molecule has 4 nitrogen and oxygen atoms in total. The van der Waals surface area contributed by atoms with E-state index in [0.717, 1.165) is 23.5 Å². The van der Waals surface area contributed by atoms with E-state index in [1.807, 2.05) is 19.2 Å². The topological polar surface area (TPSA) is 54.0 Å². The summed E-state index contributed by atoms with van der Waals surface area (Å²) in [7, 11) is 0. The van der Waals surface area contributed by atoms with Crippen molar-refractivity contribution in [1.29, 1.82) is 0 Å². The Hall–Kier alpha value is -0.940. The third-order valence-electron chi connectivity index (χ3n) is 3.60. The van der Waals surface area contributed by atoms with Gasteiger partial charge in [-0.2, -0.15) is 0 Å². The summed E-state index contributed by atoms with van der Waals surface area (Å²) in [5, 5.41) is 9.48. The highest BCUT2D eigenvalue weighted by Crippen LogP contribution is 2.17. The molecule has 19 heavy (non-hydrogen) atoms. The van der Waals surface area contributed by atoms with Crippen LogP contribution in [0.2, 0.25) is 0 Å². The Labute approximate surface area is 119 Å². The maximum absolute atomic E-state index is 12.0. The molecule has 0 aromatic carbocycles. The average molecular weight is 281 g/mol. The number of thiazole rings is 1. The molecule has 1 aliphatic carbocycles. The molecule has 1 atom stereocenters. The Kier molecular flexibility index (Phi) is 5.34. The highest BCUT2D eigenvalue weighted by Gasteiger charge is 2.19. The number of aryl methyl sites for hydroxylation is 1. The highest BCUT2D eigenvalue weighted by molar-refractivity contribution is 7.09. The number of hydrogen-bond acceptors (Lipinski definition) is 4. The van der Waals surface area contributed by atoms with Gasteiger partial charge in [0.15, 0.2) is 0 Å². The molecule has 0 spiro atoms. The maximum Gasteiger partial charge on any atom is 0.237 e. The Bertz CT molecular complexity index is 413. The summed E-state index contributed by atoms with van der Waals surface area (Å²) in [5.74, 6) is 0.110. The number of hydrogen-bond donors (Lipinski definition) is 2. The van der Waals surface area contributed by atoms with Gasteiger partial charge < -0.3 is 10.6 Å². The lowest BCUT2D eigenvalue weighted by Gasteiger charge is -2.24. The van der Waals surface area contributed by atoms with Crippen molar-refractivity contribution in [2.45, 2.75) is 64.6 Å². The number of carbonyl (C=O) groups is 1. The van der Waals surface area contributed by atoms with E-state index in [9.17, 15) is 4.79 Å². The van der Waals surface area contributed by atoms with Crippen LogP contribution in [0.1, 0.15) is 49.7 Å². The van der Waals surface area contributed by atoms with Crippen LogP contribution in [0, 0.1) is 6.92 Å². The van der Waals surface area contributed by atoms with E-state index in [0.29, 0.717) is 12.6 Å². The second-order valence-electron chi connectivity index (χ2n) is 5.30. The Morgan fingerprint density at radius 3 is 2.84 bits per heavy atom. The Morgan fingerprint density at radius 2 is 2.21 bits per heavy atom. The van der Waals surface area contributed by atoms with Crippen LogP contribution >= 0.6 is 11.3 Å². The van der Waals surface area contributed by atoms with Gasteiger partial charge >= 0.3 is 0 Å². The molecule has 1 unspecified atom stereocenters. The predicted molar refractivity (Wildman–Crippen MR) is 78.2 cm³/mol. The van der Waals surface area contributed by atoms with Crippen molar-refractivity contribution in [1.82, 2.24) is 15.6 Å². The fraction of sp³-hybridized carbons (Fsp3) is 0.714. The van der Waals surface area contributed by atoms with Crippen molar-refractivity contribution in [2.75, 3.05) is 0 Å². The summed E-state index contributed by atoms with van der Waals surface area (Å²) < 4.78 is 0. The summed E-state index contributed by atoms with van der Waals surface area (Å²) in [6.07, 6.45) is 6.05. The number of aromatic nitrogens is 1. The molecule has 1 heterocycles. The number of nitrogens with one attached hydrogen (secondary N) is 2. The minimum absolute atomic E-state index is 0.110. The molecule has 0 radical (unpaired) electrons. The van der Waals surface area contributed by atoms with Crippen LogP contribution in [0.15, 0.2) is 5.38 Å². The SMILES string of the molecule is Cc1nc(CNC(C)C(=O)NC2CCCCC2)cs1. The number of nitrogens with zero attached hydrogens (tertiary/aromatic N) is 1. The molecule has 106 valence electrons. The van der Waals surface area contributed by atoms with E-state index >= 15 is 0 Å². The fourth-order valence-corrected chi connectivity index (χ4v) is 3.03. The minimum Gasteiger partial charge on any atom is -0.352 e. The molecule has 1 fully saturated rings. The first-order chi connectivity index (χ1) is 9.15. The fourth-order valence-electron chi connectivity index (χ4n) is 2.41. The first kappa shape index (κ1) is 14.5. The summed E-state index contributed by atoms with van der Waals surface area (Å²) in [5.41, 5.74) is 1.01. The quantitative estimate of drug-likeness (QED) is 0.871. The van der Waals surface area contributed by atoms with E-state index in [2.05, 4.69) is 15.6 Å². The molecule has 1 saturated carbocycles. The normalized spacial score (nSPS) is 18.2. The van der Waals surface area contributed by atoms with E-state index in [-0.39, 0.29) is 11.9 Å². The third-order valence-corrected chi connectivity index (χ3v) is 4.42. The smallest absolute Gasteiger partial charge is 0.237 e. The standard InChI is InChI=1S/C14H23N3OS/c1-10(15-8-13-9-19-11(2)16-13)14(18)17-12-6-4-3-5-7-12/h9-10,12,15H,3-8H2,1-2H3,(H,17,18). The minimum atomic E-state index is -0.163. The number of rotatable bonds is 5. The van der Waals surface area contributed by atoms with Gasteiger partial charge in [-0.05, 0) is 26.7 Å². The van der Waals surface area contributed by atoms with Gasteiger partial charge in [-0.25, -0.2) is 4.98 Å². The maximum atomic E-state index is 12.0. The molecule has 1 aromatic rings. The molecule has 0 aliphatic heterocycles. The van der Waals surface area contributed by atoms with Crippen molar-refractivity contribution >= 4 is 17.2 Å². The van der Waals surface area contributed by atoms with Gasteiger partial charge in [0.25, 0.3) is 0 Å². The van der Waals surface area contributed by atoms with Crippen LogP contribution < -0.4 is 10.6 Å². The zero-order valence-corrected chi connectivity index (χ0v) is 12.6. The lowest BCUT2D eigenvalue weighted by Crippen LogP contribution is -2.46. The van der Waals surface area contributed by atoms with Crippen LogP contribution in [-0.2, 0) is 11.3 Å². The van der Waals surface area contributed by atoms with E-state index in [1.54, 1.807) is 11.3 Å². The third kappa shape index (κ3) is 4.58. The van der Waals surface area contributed by atoms with Gasteiger partial charge in [0.1, 0.15) is 0 Å². The molecule has 2 rings (SSSR count). The second kappa shape index (κ2) is 7.01. The van der Waals surface area contributed by atoms with E-state index in [1.165, 1.54) is 19.3 Å². The Balaban J connectivity index is 1.72. The van der Waals surface area contributed by atoms with Crippen molar-refractivity contribution < 1.29 is 4.79 Å². The second-order valence-corrected chi connectivity index (χ2v) is 6.37. The summed E-state index contributed by atoms with van der Waals surface area (Å²) in [6, 6.07) is 0.218. The summed E-state index contributed by atoms with van der Waals surface area (Å²) in [4.78, 5) is 16.4. The predicted octanol–water partition coefficient (Wildman–Crippen LogP) is 2.38. The van der Waals surface area contributed by atoms with Gasteiger partial charge in [0.05, 0.1) is 16.7 Å². The molecular formula is C14H23N3OS. The lowest BCUT2D eigenvalue weighted by atomic mass is 9.95. The monoisotopic (exact) mass is 281 g/mol. The van der Waals surface area contributed by atoms with Crippen molar-refractivity contribution in [3.05, 3.63) is 16.1 Å². The van der Waals surface area contributed by atoms with Crippen LogP contribution in [-0.4, -0.2) is 23.0 Å². The van der Waals surface area contributed by atoms with Gasteiger partial charge in [0, 0.05) is 18.0 Å². The first-order valence-electron chi connectivity index (χ1n) is 7.10. The summed E-state index contributed by atoms with van der Waals surface area (Å²) >= 11 is 1.64. The zero-order valence-electron chi connectivity index (χ0n) is 11.7. The molecule has 1 aromatic heterocycles. The van der Waals surface area contributed by atoms with Crippen molar-refractivity contribution in [2.24, 2.45) is 0 Å². The van der Waals surface area contributed by atoms with Crippen LogP contribution in [0.4, 0.5) is 0 Å². The van der Waals surface area contributed by atoms with E-state index < -0.39 is 0 Å². The zero-order chi connectivity index (χ0) is 13.7. The van der Waals surface area contributed by atoms with Gasteiger partial charge in [-0.1, -0.05) is 19.3 Å². The van der Waals surface area contributed by atoms with Crippen LogP contribution in [0.5, 0.6) is 0 Å². The first-order valence-corrected chi connectivity index (χ1v) is 7.98. The molecule has 2 N–H and O–H groups in total. The molecule has 0 bridgehead atoms. The van der Waals surface area contributed by atoms with Crippen LogP contribution in [0.3, 0.4) is 0 Å². The van der Waals surface area contributed by atoms with Crippen molar-refractivity contribution in [3.63, 3.8) is 0 Å². The van der Waals surface area contributed by atoms with Gasteiger partial charge in [0.2, 0.25) is 5.91 Å². The van der Waals surface area contributed by atoms with Crippen LogP contribution in [0.25, 0.3) is 0 Å². The van der Waals surface area contributed by atoms with E-state index in [4.69, 9.17) is 0 Å². The van der Waals surface area contributed by atoms with Gasteiger partial charge in [-0.3, -0.25) is 4.79 Å². The average Bonchev–Trinajstić information content (AvgIpc) is 2.83. The van der Waals surface area contributed by atoms with Gasteiger partial charge in [-0.15, -0.1) is 11.3 Å². The Morgan fingerprint density at radius 1 is 1.47 bits per heavy atom. The molecule has 0 saturated heterocycles. The lowest BCUT2D eigenvalue weighted by molar-refractivity contribution is -0.123. The number of amides is 1.